The van der Waals surface area contributed by atoms with E-state index < -0.39 is 4.92 Å². The molecule has 0 bridgehead atoms. The molecule has 0 saturated carbocycles. The van der Waals surface area contributed by atoms with E-state index in [0.717, 1.165) is 26.1 Å². The van der Waals surface area contributed by atoms with Gasteiger partial charge in [0.1, 0.15) is 5.75 Å². The zero-order valence-corrected chi connectivity index (χ0v) is 11.6. The first-order valence-corrected chi connectivity index (χ1v) is 6.93. The molecule has 0 atom stereocenters. The number of nitro groups is 1. The number of anilines is 1. The van der Waals surface area contributed by atoms with Crippen LogP contribution in [-0.2, 0) is 4.74 Å². The van der Waals surface area contributed by atoms with Crippen LogP contribution in [0.3, 0.4) is 0 Å². The van der Waals surface area contributed by atoms with Crippen LogP contribution in [0.1, 0.15) is 19.8 Å². The van der Waals surface area contributed by atoms with Gasteiger partial charge in [-0.25, -0.2) is 0 Å². The van der Waals surface area contributed by atoms with Crippen molar-refractivity contribution in [1.82, 2.24) is 0 Å². The van der Waals surface area contributed by atoms with Crippen molar-refractivity contribution in [2.75, 3.05) is 31.7 Å². The van der Waals surface area contributed by atoms with Gasteiger partial charge in [-0.1, -0.05) is 0 Å². The van der Waals surface area contributed by atoms with Crippen LogP contribution >= 0.6 is 0 Å². The summed E-state index contributed by atoms with van der Waals surface area (Å²) in [5, 5.41) is 14.0. The Bertz CT molecular complexity index is 458. The Morgan fingerprint density at radius 2 is 2.15 bits per heavy atom. The first kappa shape index (κ1) is 14.6. The fourth-order valence-electron chi connectivity index (χ4n) is 2.21. The van der Waals surface area contributed by atoms with Gasteiger partial charge in [-0.3, -0.25) is 10.1 Å². The van der Waals surface area contributed by atoms with Crippen molar-refractivity contribution in [3.05, 3.63) is 28.3 Å². The van der Waals surface area contributed by atoms with Crippen LogP contribution in [0.25, 0.3) is 0 Å². The molecule has 6 heteroatoms. The van der Waals surface area contributed by atoms with Crippen LogP contribution in [-0.4, -0.2) is 31.3 Å². The molecular formula is C14H20N2O4. The van der Waals surface area contributed by atoms with Crippen molar-refractivity contribution < 1.29 is 14.4 Å². The highest BCUT2D eigenvalue weighted by Gasteiger charge is 2.16. The Morgan fingerprint density at radius 1 is 1.40 bits per heavy atom. The van der Waals surface area contributed by atoms with E-state index in [0.29, 0.717) is 30.5 Å². The van der Waals surface area contributed by atoms with Crippen LogP contribution < -0.4 is 10.1 Å². The Hall–Kier alpha value is -1.82. The molecule has 1 aromatic rings. The van der Waals surface area contributed by atoms with Crippen LogP contribution in [0.15, 0.2) is 18.2 Å². The van der Waals surface area contributed by atoms with Gasteiger partial charge in [-0.05, 0) is 25.7 Å². The average molecular weight is 280 g/mol. The number of hydrogen-bond acceptors (Lipinski definition) is 5. The van der Waals surface area contributed by atoms with Crippen LogP contribution in [0.2, 0.25) is 0 Å². The van der Waals surface area contributed by atoms with Crippen molar-refractivity contribution in [1.29, 1.82) is 0 Å². The summed E-state index contributed by atoms with van der Waals surface area (Å²) in [4.78, 5) is 10.5. The molecule has 1 aromatic carbocycles. The minimum atomic E-state index is -0.401. The van der Waals surface area contributed by atoms with E-state index in [1.165, 1.54) is 12.1 Å². The molecule has 0 spiro atoms. The van der Waals surface area contributed by atoms with Crippen molar-refractivity contribution in [3.8, 4) is 5.75 Å². The standard InChI is InChI=1S/C14H20N2O4/c1-2-15-12-7-13(16(17)18)9-14(8-12)20-10-11-3-5-19-6-4-11/h7-9,11,15H,2-6,10H2,1H3. The summed E-state index contributed by atoms with van der Waals surface area (Å²) in [5.74, 6) is 1.01. The summed E-state index contributed by atoms with van der Waals surface area (Å²) in [6.45, 7) is 4.77. The van der Waals surface area contributed by atoms with Crippen molar-refractivity contribution >= 4 is 11.4 Å². The second-order valence-electron chi connectivity index (χ2n) is 4.87. The van der Waals surface area contributed by atoms with E-state index in [1.807, 2.05) is 6.92 Å². The predicted molar refractivity (Wildman–Crippen MR) is 76.3 cm³/mol. The molecule has 0 unspecified atom stereocenters. The molecular weight excluding hydrogens is 260 g/mol. The zero-order valence-electron chi connectivity index (χ0n) is 11.6. The third-order valence-corrected chi connectivity index (χ3v) is 3.31. The molecule has 20 heavy (non-hydrogen) atoms. The highest BCUT2D eigenvalue weighted by molar-refractivity contribution is 5.56. The molecule has 1 heterocycles. The fraction of sp³-hybridized carbons (Fsp3) is 0.571. The SMILES string of the molecule is CCNc1cc(OCC2CCOCC2)cc([N+](=O)[O-])c1. The largest absolute Gasteiger partial charge is 0.493 e. The molecule has 0 aliphatic carbocycles. The normalized spacial score (nSPS) is 15.8. The number of nitrogens with zero attached hydrogens (tertiary/aromatic N) is 1. The van der Waals surface area contributed by atoms with Gasteiger partial charge >= 0.3 is 0 Å². The molecule has 1 saturated heterocycles. The van der Waals surface area contributed by atoms with Crippen molar-refractivity contribution in [3.63, 3.8) is 0 Å². The van der Waals surface area contributed by atoms with Gasteiger partial charge in [-0.2, -0.15) is 0 Å². The lowest BCUT2D eigenvalue weighted by atomic mass is 10.0. The fourth-order valence-corrected chi connectivity index (χ4v) is 2.21. The minimum absolute atomic E-state index is 0.0467. The maximum Gasteiger partial charge on any atom is 0.275 e. The lowest BCUT2D eigenvalue weighted by Crippen LogP contribution is -2.21. The topological polar surface area (TPSA) is 73.6 Å². The van der Waals surface area contributed by atoms with Gasteiger partial charge in [0.05, 0.1) is 17.6 Å². The lowest BCUT2D eigenvalue weighted by molar-refractivity contribution is -0.384. The first-order valence-electron chi connectivity index (χ1n) is 6.93. The smallest absolute Gasteiger partial charge is 0.275 e. The highest BCUT2D eigenvalue weighted by Crippen LogP contribution is 2.27. The Balaban J connectivity index is 2.03. The summed E-state index contributed by atoms with van der Waals surface area (Å²) >= 11 is 0. The predicted octanol–water partition coefficient (Wildman–Crippen LogP) is 2.83. The van der Waals surface area contributed by atoms with Crippen LogP contribution in [0, 0.1) is 16.0 Å². The number of rotatable bonds is 6. The van der Waals surface area contributed by atoms with E-state index in [9.17, 15) is 10.1 Å². The highest BCUT2D eigenvalue weighted by atomic mass is 16.6. The average Bonchev–Trinajstić information content (AvgIpc) is 2.46. The van der Waals surface area contributed by atoms with E-state index in [1.54, 1.807) is 6.07 Å². The third-order valence-electron chi connectivity index (χ3n) is 3.31. The van der Waals surface area contributed by atoms with E-state index in [4.69, 9.17) is 9.47 Å². The maximum absolute atomic E-state index is 10.9. The van der Waals surface area contributed by atoms with Gasteiger partial charge in [0.25, 0.3) is 5.69 Å². The van der Waals surface area contributed by atoms with E-state index in [2.05, 4.69) is 5.32 Å². The number of ether oxygens (including phenoxy) is 2. The zero-order chi connectivity index (χ0) is 14.4. The molecule has 1 aliphatic rings. The molecule has 6 nitrogen and oxygen atoms in total. The monoisotopic (exact) mass is 280 g/mol. The molecule has 1 N–H and O–H groups in total. The molecule has 0 radical (unpaired) electrons. The summed E-state index contributed by atoms with van der Waals surface area (Å²) in [7, 11) is 0. The number of nitrogens with one attached hydrogen (secondary N) is 1. The third kappa shape index (κ3) is 4.09. The first-order chi connectivity index (χ1) is 9.69. The van der Waals surface area contributed by atoms with Crippen LogP contribution in [0.4, 0.5) is 11.4 Å². The van der Waals surface area contributed by atoms with E-state index in [-0.39, 0.29) is 5.69 Å². The lowest BCUT2D eigenvalue weighted by Gasteiger charge is -2.22. The molecule has 1 aliphatic heterocycles. The van der Waals surface area contributed by atoms with Crippen molar-refractivity contribution in [2.24, 2.45) is 5.92 Å². The molecule has 0 aromatic heterocycles. The van der Waals surface area contributed by atoms with Gasteiger partial charge in [0.2, 0.25) is 0 Å². The minimum Gasteiger partial charge on any atom is -0.493 e. The Morgan fingerprint density at radius 3 is 2.80 bits per heavy atom. The maximum atomic E-state index is 10.9. The van der Waals surface area contributed by atoms with Gasteiger partial charge in [0.15, 0.2) is 0 Å². The summed E-state index contributed by atoms with van der Waals surface area (Å²) in [6, 6.07) is 4.79. The van der Waals surface area contributed by atoms with Gasteiger partial charge in [-0.15, -0.1) is 0 Å². The van der Waals surface area contributed by atoms with Gasteiger partial charge < -0.3 is 14.8 Å². The Kier molecular flexibility index (Phi) is 5.17. The number of benzene rings is 1. The summed E-state index contributed by atoms with van der Waals surface area (Å²) in [5.41, 5.74) is 0.758. The molecule has 0 amide bonds. The number of hydrogen-bond donors (Lipinski definition) is 1. The quantitative estimate of drug-likeness (QED) is 0.640. The Labute approximate surface area is 118 Å². The van der Waals surface area contributed by atoms with Gasteiger partial charge in [0, 0.05) is 37.6 Å². The van der Waals surface area contributed by atoms with Crippen LogP contribution in [0.5, 0.6) is 5.75 Å². The second-order valence-corrected chi connectivity index (χ2v) is 4.87. The van der Waals surface area contributed by atoms with E-state index >= 15 is 0 Å². The molecule has 1 fully saturated rings. The van der Waals surface area contributed by atoms with Crippen molar-refractivity contribution in [2.45, 2.75) is 19.8 Å². The summed E-state index contributed by atoms with van der Waals surface area (Å²) in [6.07, 6.45) is 1.96. The molecule has 2 rings (SSSR count). The number of nitro benzene ring substituents is 1. The summed E-state index contributed by atoms with van der Waals surface area (Å²) < 4.78 is 11.0. The molecule has 110 valence electrons. The second kappa shape index (κ2) is 7.09. The number of non-ortho nitro benzene ring substituents is 1.